The number of carbonyl (C=O) groups is 1. The van der Waals surface area contributed by atoms with Crippen molar-refractivity contribution < 1.29 is 39.8 Å². The van der Waals surface area contributed by atoms with E-state index < -0.39 is 49.5 Å². The van der Waals surface area contributed by atoms with E-state index in [1.54, 1.807) is 6.08 Å². The fourth-order valence-electron chi connectivity index (χ4n) is 10.0. The first-order valence-electron chi connectivity index (χ1n) is 31.2. The molecule has 9 heteroatoms. The minimum atomic E-state index is -1.57. The quantitative estimate of drug-likeness (QED) is 0.0261. The van der Waals surface area contributed by atoms with Crippen molar-refractivity contribution >= 4 is 5.91 Å². The number of allylic oxidation sites excluding steroid dienone is 5. The van der Waals surface area contributed by atoms with Gasteiger partial charge in [0.15, 0.2) is 6.29 Å². The molecule has 0 aliphatic carbocycles. The molecule has 0 saturated carbocycles. The Morgan fingerprint density at radius 1 is 0.458 bits per heavy atom. The number of amides is 1. The van der Waals surface area contributed by atoms with Gasteiger partial charge in [-0.2, -0.15) is 0 Å². The molecular weight excluding hydrogens is 899 g/mol. The second-order valence-electron chi connectivity index (χ2n) is 21.8. The van der Waals surface area contributed by atoms with E-state index in [0.29, 0.717) is 6.42 Å². The van der Waals surface area contributed by atoms with Gasteiger partial charge in [-0.05, 0) is 44.9 Å². The molecule has 72 heavy (non-hydrogen) atoms. The molecule has 1 heterocycles. The molecule has 0 aromatic carbocycles. The van der Waals surface area contributed by atoms with E-state index in [1.807, 2.05) is 6.08 Å². The summed E-state index contributed by atoms with van der Waals surface area (Å²) in [5.41, 5.74) is 0. The number of hydrogen-bond donors (Lipinski definition) is 6. The number of nitrogens with one attached hydrogen (secondary N) is 1. The van der Waals surface area contributed by atoms with Gasteiger partial charge in [0.05, 0.1) is 25.4 Å². The van der Waals surface area contributed by atoms with Crippen molar-refractivity contribution in [2.24, 2.45) is 0 Å². The maximum absolute atomic E-state index is 13.1. The van der Waals surface area contributed by atoms with Crippen molar-refractivity contribution in [3.63, 3.8) is 0 Å². The first-order valence-corrected chi connectivity index (χ1v) is 31.2. The molecule has 1 saturated heterocycles. The summed E-state index contributed by atoms with van der Waals surface area (Å²) in [6.45, 7) is 3.78. The van der Waals surface area contributed by atoms with E-state index in [9.17, 15) is 30.3 Å². The van der Waals surface area contributed by atoms with E-state index in [0.717, 1.165) is 51.4 Å². The topological polar surface area (TPSA) is 149 Å². The maximum Gasteiger partial charge on any atom is 0.220 e. The molecule has 0 aromatic heterocycles. The Morgan fingerprint density at radius 2 is 0.792 bits per heavy atom. The van der Waals surface area contributed by atoms with Gasteiger partial charge in [0.1, 0.15) is 24.4 Å². The fraction of sp³-hybridized carbons (Fsp3) is 0.889. The Labute approximate surface area is 444 Å². The zero-order chi connectivity index (χ0) is 52.2. The van der Waals surface area contributed by atoms with Crippen LogP contribution in [-0.2, 0) is 14.3 Å². The van der Waals surface area contributed by atoms with Crippen LogP contribution in [0.1, 0.15) is 303 Å². The molecule has 0 aromatic rings. The van der Waals surface area contributed by atoms with Gasteiger partial charge < -0.3 is 40.3 Å². The van der Waals surface area contributed by atoms with E-state index in [1.165, 1.54) is 231 Å². The van der Waals surface area contributed by atoms with E-state index in [2.05, 4.69) is 43.5 Å². The van der Waals surface area contributed by atoms with E-state index in [-0.39, 0.29) is 12.5 Å². The fourth-order valence-corrected chi connectivity index (χ4v) is 10.0. The summed E-state index contributed by atoms with van der Waals surface area (Å²) in [5, 5.41) is 54.5. The standard InChI is InChI=1S/C63H119NO8/c1-3-5-7-9-11-13-15-17-19-21-22-23-24-25-26-27-28-29-30-31-32-33-34-35-36-37-39-41-43-45-47-49-51-53-59(67)64-56(55-71-63-62(70)61(69)60(68)58(54-65)72-63)57(66)52-50-48-46-44-42-40-38-20-18-16-14-12-10-8-6-4-2/h18,20,42,44,50,52,56-58,60-63,65-66,68-70H,3-17,19,21-41,43,45-49,51,53-55H2,1-2H3,(H,64,67)/b20-18+,44-42+,52-50+. The third-order valence-electron chi connectivity index (χ3n) is 14.9. The summed E-state index contributed by atoms with van der Waals surface area (Å²) in [6.07, 6.45) is 62.5. The SMILES string of the molecule is CCCCCCCC/C=C/CC/C=C/CC/C=C/C(O)C(COC1OC(CO)C(O)C(O)C1O)NC(=O)CCCCCCCCCCCCCCCCCCCCCCCCCCCCCCCCCCC. The lowest BCUT2D eigenvalue weighted by molar-refractivity contribution is -0.302. The van der Waals surface area contributed by atoms with Crippen LogP contribution in [0.5, 0.6) is 0 Å². The molecule has 0 spiro atoms. The Balaban J connectivity index is 2.12. The molecule has 424 valence electrons. The molecule has 0 bridgehead atoms. The normalized spacial score (nSPS) is 19.3. The van der Waals surface area contributed by atoms with Crippen molar-refractivity contribution in [1.82, 2.24) is 5.32 Å². The molecule has 1 aliphatic heterocycles. The van der Waals surface area contributed by atoms with E-state index >= 15 is 0 Å². The number of hydrogen-bond acceptors (Lipinski definition) is 8. The zero-order valence-electron chi connectivity index (χ0n) is 47.2. The van der Waals surface area contributed by atoms with Gasteiger partial charge in [-0.15, -0.1) is 0 Å². The van der Waals surface area contributed by atoms with Crippen molar-refractivity contribution in [3.05, 3.63) is 36.5 Å². The third-order valence-corrected chi connectivity index (χ3v) is 14.9. The molecular formula is C63H119NO8. The van der Waals surface area contributed by atoms with Crippen molar-refractivity contribution in [3.8, 4) is 0 Å². The summed E-state index contributed by atoms with van der Waals surface area (Å²) in [6, 6.07) is -0.826. The summed E-state index contributed by atoms with van der Waals surface area (Å²) >= 11 is 0. The van der Waals surface area contributed by atoms with Crippen LogP contribution in [-0.4, -0.2) is 87.5 Å². The number of carbonyl (C=O) groups excluding carboxylic acids is 1. The average molecular weight is 1020 g/mol. The van der Waals surface area contributed by atoms with Gasteiger partial charge in [-0.3, -0.25) is 4.79 Å². The number of rotatable bonds is 54. The largest absolute Gasteiger partial charge is 0.394 e. The van der Waals surface area contributed by atoms with Crippen LogP contribution >= 0.6 is 0 Å². The summed E-state index contributed by atoms with van der Waals surface area (Å²) < 4.78 is 11.3. The Kier molecular flexibility index (Phi) is 50.2. The van der Waals surface area contributed by atoms with Gasteiger partial charge >= 0.3 is 0 Å². The Morgan fingerprint density at radius 3 is 1.17 bits per heavy atom. The van der Waals surface area contributed by atoms with Gasteiger partial charge in [-0.25, -0.2) is 0 Å². The summed E-state index contributed by atoms with van der Waals surface area (Å²) in [4.78, 5) is 13.1. The molecule has 7 unspecified atom stereocenters. The smallest absolute Gasteiger partial charge is 0.220 e. The molecule has 6 N–H and O–H groups in total. The molecule has 0 radical (unpaired) electrons. The molecule has 1 aliphatic rings. The lowest BCUT2D eigenvalue weighted by Crippen LogP contribution is -2.60. The number of aliphatic hydroxyl groups excluding tert-OH is 5. The van der Waals surface area contributed by atoms with Gasteiger partial charge in [-0.1, -0.05) is 288 Å². The Bertz CT molecular complexity index is 1230. The van der Waals surface area contributed by atoms with Gasteiger partial charge in [0.25, 0.3) is 0 Å². The molecule has 1 fully saturated rings. The third kappa shape index (κ3) is 41.6. The number of ether oxygens (including phenoxy) is 2. The van der Waals surface area contributed by atoms with Gasteiger partial charge in [0.2, 0.25) is 5.91 Å². The van der Waals surface area contributed by atoms with Crippen molar-refractivity contribution in [2.75, 3.05) is 13.2 Å². The minimum absolute atomic E-state index is 0.186. The molecule has 1 rings (SSSR count). The van der Waals surface area contributed by atoms with Crippen LogP contribution in [0.4, 0.5) is 0 Å². The predicted molar refractivity (Wildman–Crippen MR) is 304 cm³/mol. The molecule has 9 nitrogen and oxygen atoms in total. The summed E-state index contributed by atoms with van der Waals surface area (Å²) in [7, 11) is 0. The highest BCUT2D eigenvalue weighted by Gasteiger charge is 2.44. The van der Waals surface area contributed by atoms with Crippen LogP contribution in [0.3, 0.4) is 0 Å². The first-order chi connectivity index (χ1) is 35.3. The monoisotopic (exact) mass is 1020 g/mol. The Hall–Kier alpha value is -1.59. The second-order valence-corrected chi connectivity index (χ2v) is 21.8. The van der Waals surface area contributed by atoms with Crippen molar-refractivity contribution in [2.45, 2.75) is 346 Å². The maximum atomic E-state index is 13.1. The molecule has 1 amide bonds. The summed E-state index contributed by atoms with van der Waals surface area (Å²) in [5.74, 6) is -0.186. The second kappa shape index (κ2) is 52.8. The average Bonchev–Trinajstić information content (AvgIpc) is 3.38. The van der Waals surface area contributed by atoms with Crippen LogP contribution in [0.25, 0.3) is 0 Å². The highest BCUT2D eigenvalue weighted by atomic mass is 16.7. The van der Waals surface area contributed by atoms with Crippen LogP contribution in [0.2, 0.25) is 0 Å². The number of unbranched alkanes of at least 4 members (excludes halogenated alkanes) is 40. The number of aliphatic hydroxyl groups is 5. The lowest BCUT2D eigenvalue weighted by atomic mass is 9.99. The van der Waals surface area contributed by atoms with Crippen LogP contribution in [0, 0.1) is 0 Å². The molecule has 7 atom stereocenters. The minimum Gasteiger partial charge on any atom is -0.394 e. The highest BCUT2D eigenvalue weighted by molar-refractivity contribution is 5.76. The highest BCUT2D eigenvalue weighted by Crippen LogP contribution is 2.23. The van der Waals surface area contributed by atoms with Crippen molar-refractivity contribution in [1.29, 1.82) is 0 Å². The lowest BCUT2D eigenvalue weighted by Gasteiger charge is -2.40. The predicted octanol–water partition coefficient (Wildman–Crippen LogP) is 15.9. The van der Waals surface area contributed by atoms with Gasteiger partial charge in [0, 0.05) is 6.42 Å². The van der Waals surface area contributed by atoms with Crippen LogP contribution in [0.15, 0.2) is 36.5 Å². The zero-order valence-corrected chi connectivity index (χ0v) is 47.2. The first kappa shape index (κ1) is 68.4. The van der Waals surface area contributed by atoms with Crippen LogP contribution < -0.4 is 5.32 Å². The van der Waals surface area contributed by atoms with E-state index in [4.69, 9.17) is 9.47 Å².